The van der Waals surface area contributed by atoms with Crippen LogP contribution in [0.5, 0.6) is 17.2 Å². The van der Waals surface area contributed by atoms with Crippen LogP contribution >= 0.6 is 0 Å². The fourth-order valence-electron chi connectivity index (χ4n) is 2.16. The fourth-order valence-corrected chi connectivity index (χ4v) is 2.16. The molecule has 0 saturated heterocycles. The summed E-state index contributed by atoms with van der Waals surface area (Å²) in [4.78, 5) is 24.1. The number of methoxy groups -OCH3 is 3. The number of ether oxygens (including phenoxy) is 3. The largest absolute Gasteiger partial charge is 0.493 e. The van der Waals surface area contributed by atoms with Crippen molar-refractivity contribution in [3.8, 4) is 23.3 Å². The van der Waals surface area contributed by atoms with Gasteiger partial charge in [-0.15, -0.1) is 0 Å². The molecule has 0 aliphatic rings. The highest BCUT2D eigenvalue weighted by Crippen LogP contribution is 2.39. The van der Waals surface area contributed by atoms with Crippen LogP contribution in [0.4, 0.5) is 11.4 Å². The summed E-state index contributed by atoms with van der Waals surface area (Å²) in [5.74, 6) is -0.675. The zero-order valence-electron chi connectivity index (χ0n) is 14.5. The Morgan fingerprint density at radius 2 is 1.35 bits per heavy atom. The number of carbonyl (C=O) groups excluding carboxylic acids is 2. The number of amides is 2. The van der Waals surface area contributed by atoms with E-state index >= 15 is 0 Å². The molecule has 0 saturated carbocycles. The summed E-state index contributed by atoms with van der Waals surface area (Å²) in [7, 11) is 4.35. The van der Waals surface area contributed by atoms with E-state index in [0.717, 1.165) is 0 Å². The van der Waals surface area contributed by atoms with E-state index in [1.807, 2.05) is 6.07 Å². The second-order valence-corrected chi connectivity index (χ2v) is 5.01. The van der Waals surface area contributed by atoms with Crippen LogP contribution < -0.4 is 24.8 Å². The average Bonchev–Trinajstić information content (AvgIpc) is 2.67. The van der Waals surface area contributed by atoms with Gasteiger partial charge in [-0.3, -0.25) is 9.59 Å². The fraction of sp³-hybridized carbons (Fsp3) is 0.167. The molecule has 0 aliphatic carbocycles. The second-order valence-electron chi connectivity index (χ2n) is 5.01. The zero-order valence-corrected chi connectivity index (χ0v) is 14.5. The Hall–Kier alpha value is -3.73. The molecule has 0 heterocycles. The van der Waals surface area contributed by atoms with E-state index in [1.54, 1.807) is 0 Å². The minimum atomic E-state index is -0.872. The number of nitrogens with one attached hydrogen (secondary N) is 2. The maximum atomic E-state index is 12.1. The van der Waals surface area contributed by atoms with Crippen molar-refractivity contribution in [3.63, 3.8) is 0 Å². The molecule has 0 aromatic heterocycles. The smallest absolute Gasteiger partial charge is 0.314 e. The minimum absolute atomic E-state index is 0.305. The molecule has 2 aromatic carbocycles. The Kier molecular flexibility index (Phi) is 6.01. The van der Waals surface area contributed by atoms with Gasteiger partial charge >= 0.3 is 11.8 Å². The summed E-state index contributed by atoms with van der Waals surface area (Å²) in [5, 5.41) is 13.7. The molecule has 0 fully saturated rings. The number of carbonyl (C=O) groups is 2. The van der Waals surface area contributed by atoms with Gasteiger partial charge in [0.2, 0.25) is 5.75 Å². The van der Waals surface area contributed by atoms with Crippen LogP contribution in [0, 0.1) is 11.3 Å². The molecule has 0 radical (unpaired) electrons. The Balaban J connectivity index is 2.13. The van der Waals surface area contributed by atoms with Gasteiger partial charge in [0.25, 0.3) is 0 Å². The van der Waals surface area contributed by atoms with E-state index in [1.165, 1.54) is 57.7 Å². The lowest BCUT2D eigenvalue weighted by Crippen LogP contribution is -2.29. The van der Waals surface area contributed by atoms with Crippen molar-refractivity contribution >= 4 is 23.2 Å². The van der Waals surface area contributed by atoms with E-state index in [2.05, 4.69) is 10.6 Å². The predicted molar refractivity (Wildman–Crippen MR) is 94.5 cm³/mol. The van der Waals surface area contributed by atoms with Gasteiger partial charge in [-0.1, -0.05) is 0 Å². The van der Waals surface area contributed by atoms with Gasteiger partial charge in [0.15, 0.2) is 11.5 Å². The number of anilines is 2. The first-order valence-corrected chi connectivity index (χ1v) is 7.45. The molecule has 0 atom stereocenters. The van der Waals surface area contributed by atoms with E-state index in [4.69, 9.17) is 19.5 Å². The quantitative estimate of drug-likeness (QED) is 0.796. The lowest BCUT2D eigenvalue weighted by Gasteiger charge is -2.14. The van der Waals surface area contributed by atoms with Crippen molar-refractivity contribution in [2.45, 2.75) is 0 Å². The van der Waals surface area contributed by atoms with Gasteiger partial charge in [-0.25, -0.2) is 0 Å². The summed E-state index contributed by atoms with van der Waals surface area (Å²) >= 11 is 0. The molecule has 26 heavy (non-hydrogen) atoms. The van der Waals surface area contributed by atoms with E-state index in [-0.39, 0.29) is 0 Å². The molecule has 8 heteroatoms. The van der Waals surface area contributed by atoms with Crippen molar-refractivity contribution in [1.29, 1.82) is 5.26 Å². The average molecular weight is 355 g/mol. The molecule has 0 spiro atoms. The maximum absolute atomic E-state index is 12.1. The molecule has 0 bridgehead atoms. The van der Waals surface area contributed by atoms with Gasteiger partial charge < -0.3 is 24.8 Å². The highest BCUT2D eigenvalue weighted by atomic mass is 16.5. The van der Waals surface area contributed by atoms with E-state index < -0.39 is 11.8 Å². The second kappa shape index (κ2) is 8.39. The van der Waals surface area contributed by atoms with Gasteiger partial charge in [-0.05, 0) is 24.3 Å². The lowest BCUT2D eigenvalue weighted by molar-refractivity contribution is -0.133. The van der Waals surface area contributed by atoms with Crippen molar-refractivity contribution in [2.24, 2.45) is 0 Å². The molecule has 2 rings (SSSR count). The van der Waals surface area contributed by atoms with Gasteiger partial charge in [0.1, 0.15) is 0 Å². The van der Waals surface area contributed by atoms with Crippen LogP contribution in [0.25, 0.3) is 0 Å². The Labute approximate surface area is 150 Å². The Bertz CT molecular complexity index is 831. The van der Waals surface area contributed by atoms with Crippen LogP contribution in [0.15, 0.2) is 36.4 Å². The summed E-state index contributed by atoms with van der Waals surface area (Å²) in [6.45, 7) is 0. The SMILES string of the molecule is COc1cc(NC(=O)C(=O)Nc2ccc(C#N)cc2)cc(OC)c1OC. The van der Waals surface area contributed by atoms with Gasteiger partial charge in [0.05, 0.1) is 33.0 Å². The van der Waals surface area contributed by atoms with Gasteiger partial charge in [0, 0.05) is 23.5 Å². The third kappa shape index (κ3) is 4.21. The summed E-state index contributed by atoms with van der Waals surface area (Å²) in [5.41, 5.74) is 1.15. The number of nitriles is 1. The molecule has 0 unspecified atom stereocenters. The van der Waals surface area contributed by atoms with Crippen molar-refractivity contribution in [1.82, 2.24) is 0 Å². The number of rotatable bonds is 5. The molecule has 2 amide bonds. The van der Waals surface area contributed by atoms with Crippen molar-refractivity contribution in [2.75, 3.05) is 32.0 Å². The topological polar surface area (TPSA) is 110 Å². The van der Waals surface area contributed by atoms with Crippen LogP contribution in [-0.4, -0.2) is 33.1 Å². The standard InChI is InChI=1S/C18H17N3O5/c1-24-14-8-13(9-15(25-2)16(14)26-3)21-18(23)17(22)20-12-6-4-11(10-19)5-7-12/h4-9H,1-3H3,(H,20,22)(H,21,23). The Morgan fingerprint density at radius 1 is 0.846 bits per heavy atom. The number of nitrogens with zero attached hydrogens (tertiary/aromatic N) is 1. The third-order valence-electron chi connectivity index (χ3n) is 3.40. The highest BCUT2D eigenvalue weighted by Gasteiger charge is 2.18. The summed E-state index contributed by atoms with van der Waals surface area (Å²) < 4.78 is 15.6. The predicted octanol–water partition coefficient (Wildman–Crippen LogP) is 2.16. The monoisotopic (exact) mass is 355 g/mol. The van der Waals surface area contributed by atoms with Crippen molar-refractivity contribution in [3.05, 3.63) is 42.0 Å². The molecule has 134 valence electrons. The highest BCUT2D eigenvalue weighted by molar-refractivity contribution is 6.43. The first-order chi connectivity index (χ1) is 12.5. The van der Waals surface area contributed by atoms with E-state index in [9.17, 15) is 9.59 Å². The molecule has 2 aromatic rings. The zero-order chi connectivity index (χ0) is 19.1. The normalized spacial score (nSPS) is 9.62. The molecule has 2 N–H and O–H groups in total. The maximum Gasteiger partial charge on any atom is 0.314 e. The summed E-state index contributed by atoms with van der Waals surface area (Å²) in [6, 6.07) is 11.1. The van der Waals surface area contributed by atoms with E-state index in [0.29, 0.717) is 34.2 Å². The number of hydrogen-bond donors (Lipinski definition) is 2. The minimum Gasteiger partial charge on any atom is -0.493 e. The number of hydrogen-bond acceptors (Lipinski definition) is 6. The van der Waals surface area contributed by atoms with Crippen LogP contribution in [-0.2, 0) is 9.59 Å². The lowest BCUT2D eigenvalue weighted by atomic mass is 10.2. The van der Waals surface area contributed by atoms with Crippen LogP contribution in [0.3, 0.4) is 0 Å². The van der Waals surface area contributed by atoms with Crippen LogP contribution in [0.2, 0.25) is 0 Å². The molecular weight excluding hydrogens is 338 g/mol. The van der Waals surface area contributed by atoms with Crippen molar-refractivity contribution < 1.29 is 23.8 Å². The van der Waals surface area contributed by atoms with Gasteiger partial charge in [-0.2, -0.15) is 5.26 Å². The Morgan fingerprint density at radius 3 is 1.77 bits per heavy atom. The number of benzene rings is 2. The molecular formula is C18H17N3O5. The summed E-state index contributed by atoms with van der Waals surface area (Å²) in [6.07, 6.45) is 0. The molecule has 8 nitrogen and oxygen atoms in total. The van der Waals surface area contributed by atoms with Crippen LogP contribution in [0.1, 0.15) is 5.56 Å². The third-order valence-corrected chi connectivity index (χ3v) is 3.40. The first kappa shape index (κ1) is 18.6. The first-order valence-electron chi connectivity index (χ1n) is 7.45. The molecule has 0 aliphatic heterocycles.